The Morgan fingerprint density at radius 3 is 2.32 bits per heavy atom. The molecule has 25 heavy (non-hydrogen) atoms. The van der Waals surface area contributed by atoms with Crippen molar-refractivity contribution in [2.75, 3.05) is 18.8 Å². The van der Waals surface area contributed by atoms with Crippen molar-refractivity contribution in [1.82, 2.24) is 4.90 Å². The second-order valence-corrected chi connectivity index (χ2v) is 6.25. The maximum atomic E-state index is 12.6. The molecule has 0 saturated carbocycles. The third kappa shape index (κ3) is 4.18. The first kappa shape index (κ1) is 17.0. The van der Waals surface area contributed by atoms with E-state index in [0.717, 1.165) is 5.56 Å². The van der Waals surface area contributed by atoms with Gasteiger partial charge in [-0.1, -0.05) is 42.5 Å². The maximum absolute atomic E-state index is 12.6. The predicted molar refractivity (Wildman–Crippen MR) is 96.1 cm³/mol. The van der Waals surface area contributed by atoms with Crippen LogP contribution in [-0.2, 0) is 11.3 Å². The smallest absolute Gasteiger partial charge is 0.410 e. The van der Waals surface area contributed by atoms with E-state index in [4.69, 9.17) is 10.5 Å². The quantitative estimate of drug-likeness (QED) is 0.684. The first-order valence-electron chi connectivity index (χ1n) is 8.49. The predicted octanol–water partition coefficient (Wildman–Crippen LogP) is 3.50. The molecule has 2 aromatic carbocycles. The van der Waals surface area contributed by atoms with Crippen LogP contribution < -0.4 is 5.73 Å². The monoisotopic (exact) mass is 338 g/mol. The number of carbonyl (C=O) groups excluding carboxylic acids is 2. The number of Topliss-reactive ketones (excluding diaryl/α,β-unsaturated/α-hetero) is 1. The van der Waals surface area contributed by atoms with E-state index in [1.165, 1.54) is 0 Å². The Bertz CT molecular complexity index is 738. The van der Waals surface area contributed by atoms with Crippen molar-refractivity contribution in [3.63, 3.8) is 0 Å². The van der Waals surface area contributed by atoms with Crippen molar-refractivity contribution in [3.05, 3.63) is 65.7 Å². The molecule has 0 bridgehead atoms. The zero-order valence-corrected chi connectivity index (χ0v) is 14.1. The average molecular weight is 338 g/mol. The summed E-state index contributed by atoms with van der Waals surface area (Å²) in [6, 6.07) is 16.7. The van der Waals surface area contributed by atoms with Crippen LogP contribution in [0.4, 0.5) is 10.5 Å². The summed E-state index contributed by atoms with van der Waals surface area (Å²) in [4.78, 5) is 26.4. The molecule has 1 heterocycles. The van der Waals surface area contributed by atoms with Gasteiger partial charge in [-0.25, -0.2) is 4.79 Å². The Morgan fingerprint density at radius 1 is 1.00 bits per heavy atom. The molecule has 130 valence electrons. The van der Waals surface area contributed by atoms with Gasteiger partial charge in [-0.05, 0) is 30.5 Å². The number of amides is 1. The van der Waals surface area contributed by atoms with Crippen LogP contribution in [0.2, 0.25) is 0 Å². The molecule has 5 nitrogen and oxygen atoms in total. The fourth-order valence-corrected chi connectivity index (χ4v) is 3.08. The minimum Gasteiger partial charge on any atom is -0.445 e. The van der Waals surface area contributed by atoms with Crippen LogP contribution >= 0.6 is 0 Å². The highest BCUT2D eigenvalue weighted by atomic mass is 16.6. The van der Waals surface area contributed by atoms with Crippen molar-refractivity contribution >= 4 is 17.6 Å². The molecular weight excluding hydrogens is 316 g/mol. The number of rotatable bonds is 4. The van der Waals surface area contributed by atoms with Gasteiger partial charge in [0, 0.05) is 30.3 Å². The molecule has 1 fully saturated rings. The van der Waals surface area contributed by atoms with E-state index in [1.807, 2.05) is 42.5 Å². The summed E-state index contributed by atoms with van der Waals surface area (Å²) in [6.07, 6.45) is 0.940. The largest absolute Gasteiger partial charge is 0.445 e. The highest BCUT2D eigenvalue weighted by Gasteiger charge is 2.29. The third-order valence-electron chi connectivity index (χ3n) is 4.56. The molecule has 0 spiro atoms. The molecule has 5 heteroatoms. The second-order valence-electron chi connectivity index (χ2n) is 6.25. The van der Waals surface area contributed by atoms with Crippen molar-refractivity contribution in [3.8, 4) is 0 Å². The first-order valence-corrected chi connectivity index (χ1v) is 8.49. The van der Waals surface area contributed by atoms with Gasteiger partial charge in [0.2, 0.25) is 0 Å². The molecule has 1 amide bonds. The molecule has 1 aliphatic rings. The second kappa shape index (κ2) is 7.83. The maximum Gasteiger partial charge on any atom is 0.410 e. The van der Waals surface area contributed by atoms with Crippen LogP contribution in [0.1, 0.15) is 28.8 Å². The van der Waals surface area contributed by atoms with Gasteiger partial charge in [0.05, 0.1) is 0 Å². The van der Waals surface area contributed by atoms with Crippen molar-refractivity contribution in [2.45, 2.75) is 19.4 Å². The molecule has 0 unspecified atom stereocenters. The highest BCUT2D eigenvalue weighted by Crippen LogP contribution is 2.24. The van der Waals surface area contributed by atoms with Gasteiger partial charge < -0.3 is 15.4 Å². The van der Waals surface area contributed by atoms with Gasteiger partial charge in [0.1, 0.15) is 6.61 Å². The molecule has 2 N–H and O–H groups in total. The number of para-hydroxylation sites is 1. The summed E-state index contributed by atoms with van der Waals surface area (Å²) in [5, 5.41) is 0. The fraction of sp³-hybridized carbons (Fsp3) is 0.300. The van der Waals surface area contributed by atoms with Gasteiger partial charge in [-0.3, -0.25) is 4.79 Å². The summed E-state index contributed by atoms with van der Waals surface area (Å²) >= 11 is 0. The number of ketones is 1. The lowest BCUT2D eigenvalue weighted by Crippen LogP contribution is -2.40. The van der Waals surface area contributed by atoms with Gasteiger partial charge in [0.15, 0.2) is 5.78 Å². The van der Waals surface area contributed by atoms with E-state index in [2.05, 4.69) is 0 Å². The van der Waals surface area contributed by atoms with Crippen LogP contribution in [0.5, 0.6) is 0 Å². The van der Waals surface area contributed by atoms with Crippen LogP contribution in [0, 0.1) is 5.92 Å². The fourth-order valence-electron chi connectivity index (χ4n) is 3.08. The number of likely N-dealkylation sites (tertiary alicyclic amines) is 1. The summed E-state index contributed by atoms with van der Waals surface area (Å²) < 4.78 is 5.35. The van der Waals surface area contributed by atoms with Crippen LogP contribution in [0.15, 0.2) is 54.6 Å². The lowest BCUT2D eigenvalue weighted by molar-refractivity contribution is 0.0713. The van der Waals surface area contributed by atoms with Gasteiger partial charge in [-0.15, -0.1) is 0 Å². The highest BCUT2D eigenvalue weighted by molar-refractivity contribution is 6.02. The summed E-state index contributed by atoms with van der Waals surface area (Å²) in [5.41, 5.74) is 7.94. The van der Waals surface area contributed by atoms with E-state index in [-0.39, 0.29) is 24.4 Å². The Labute approximate surface area is 147 Å². The molecule has 2 aromatic rings. The van der Waals surface area contributed by atoms with E-state index >= 15 is 0 Å². The molecule has 0 aliphatic carbocycles. The minimum absolute atomic E-state index is 0.0652. The molecule has 0 radical (unpaired) electrons. The van der Waals surface area contributed by atoms with Crippen molar-refractivity contribution < 1.29 is 14.3 Å². The number of anilines is 1. The lowest BCUT2D eigenvalue weighted by atomic mass is 9.88. The zero-order chi connectivity index (χ0) is 17.6. The molecular formula is C20H22N2O3. The molecule has 0 atom stereocenters. The molecule has 0 aromatic heterocycles. The Balaban J connectivity index is 1.50. The van der Waals surface area contributed by atoms with Crippen molar-refractivity contribution in [2.24, 2.45) is 5.92 Å². The third-order valence-corrected chi connectivity index (χ3v) is 4.56. The van der Waals surface area contributed by atoms with Crippen LogP contribution in [-0.4, -0.2) is 29.9 Å². The van der Waals surface area contributed by atoms with E-state index in [1.54, 1.807) is 17.0 Å². The number of hydrogen-bond acceptors (Lipinski definition) is 4. The average Bonchev–Trinajstić information content (AvgIpc) is 2.67. The number of carbonyl (C=O) groups is 2. The Hall–Kier alpha value is -2.82. The molecule has 1 aliphatic heterocycles. The van der Waals surface area contributed by atoms with E-state index < -0.39 is 0 Å². The van der Waals surface area contributed by atoms with E-state index in [0.29, 0.717) is 37.2 Å². The standard InChI is InChI=1S/C20H22N2O3/c21-18-9-5-4-8-17(18)19(23)16-10-12-22(13-11-16)20(24)25-14-15-6-2-1-3-7-15/h1-9,16H,10-14,21H2. The SMILES string of the molecule is Nc1ccccc1C(=O)C1CCN(C(=O)OCc2ccccc2)CC1. The number of nitrogen functional groups attached to an aromatic ring is 1. The molecule has 3 rings (SSSR count). The summed E-state index contributed by atoms with van der Waals surface area (Å²) in [7, 11) is 0. The molecule has 1 saturated heterocycles. The number of nitrogens with zero attached hydrogens (tertiary/aromatic N) is 1. The number of hydrogen-bond donors (Lipinski definition) is 1. The van der Waals surface area contributed by atoms with Crippen LogP contribution in [0.3, 0.4) is 0 Å². The van der Waals surface area contributed by atoms with E-state index in [9.17, 15) is 9.59 Å². The number of nitrogens with two attached hydrogens (primary N) is 1. The zero-order valence-electron chi connectivity index (χ0n) is 14.1. The van der Waals surface area contributed by atoms with Gasteiger partial charge >= 0.3 is 6.09 Å². The lowest BCUT2D eigenvalue weighted by Gasteiger charge is -2.30. The number of piperidine rings is 1. The Kier molecular flexibility index (Phi) is 5.33. The van der Waals surface area contributed by atoms with Crippen molar-refractivity contribution in [1.29, 1.82) is 0 Å². The number of benzene rings is 2. The van der Waals surface area contributed by atoms with Gasteiger partial charge in [0.25, 0.3) is 0 Å². The topological polar surface area (TPSA) is 72.6 Å². The summed E-state index contributed by atoms with van der Waals surface area (Å²) in [5.74, 6) is -0.0294. The normalized spacial score (nSPS) is 15.0. The number of ether oxygens (including phenoxy) is 1. The minimum atomic E-state index is -0.325. The Morgan fingerprint density at radius 2 is 1.64 bits per heavy atom. The first-order chi connectivity index (χ1) is 12.1. The van der Waals surface area contributed by atoms with Crippen LogP contribution in [0.25, 0.3) is 0 Å². The van der Waals surface area contributed by atoms with Gasteiger partial charge in [-0.2, -0.15) is 0 Å². The summed E-state index contributed by atoms with van der Waals surface area (Å²) in [6.45, 7) is 1.31.